The molecule has 0 aliphatic carbocycles. The van der Waals surface area contributed by atoms with Crippen LogP contribution in [-0.2, 0) is 4.79 Å². The molecule has 17 heavy (non-hydrogen) atoms. The van der Waals surface area contributed by atoms with E-state index in [1.165, 1.54) is 24.1 Å². The van der Waals surface area contributed by atoms with Crippen LogP contribution in [-0.4, -0.2) is 25.5 Å². The number of anilines is 1. The fourth-order valence-corrected chi connectivity index (χ4v) is 2.90. The Bertz CT molecular complexity index is 424. The van der Waals surface area contributed by atoms with Gasteiger partial charge in [0.2, 0.25) is 5.91 Å². The van der Waals surface area contributed by atoms with Crippen molar-refractivity contribution < 1.29 is 4.79 Å². The Kier molecular flexibility index (Phi) is 2.75. The predicted molar refractivity (Wildman–Crippen MR) is 68.3 cm³/mol. The average Bonchev–Trinajstić information content (AvgIpc) is 3.00. The van der Waals surface area contributed by atoms with Gasteiger partial charge < -0.3 is 10.2 Å². The molecule has 90 valence electrons. The van der Waals surface area contributed by atoms with Crippen LogP contribution in [0.2, 0.25) is 0 Å². The summed E-state index contributed by atoms with van der Waals surface area (Å²) in [4.78, 5) is 13.8. The van der Waals surface area contributed by atoms with Crippen molar-refractivity contribution in [1.29, 1.82) is 0 Å². The molecule has 0 saturated carbocycles. The van der Waals surface area contributed by atoms with E-state index in [4.69, 9.17) is 0 Å². The van der Waals surface area contributed by atoms with E-state index in [0.29, 0.717) is 12.3 Å². The van der Waals surface area contributed by atoms with Gasteiger partial charge in [0.1, 0.15) is 0 Å². The topological polar surface area (TPSA) is 32.3 Å². The molecule has 1 aromatic rings. The first-order valence-electron chi connectivity index (χ1n) is 6.45. The summed E-state index contributed by atoms with van der Waals surface area (Å²) in [6, 6.07) is 8.56. The van der Waals surface area contributed by atoms with Crippen LogP contribution in [0.3, 0.4) is 0 Å². The fraction of sp³-hybridized carbons (Fsp3) is 0.500. The number of rotatable bonds is 2. The number of amides is 1. The lowest BCUT2D eigenvalue weighted by Gasteiger charge is -2.23. The maximum atomic E-state index is 11.3. The monoisotopic (exact) mass is 230 g/mol. The number of carbonyl (C=O) groups excluding carboxylic acids is 1. The zero-order chi connectivity index (χ0) is 11.7. The molecular weight excluding hydrogens is 212 g/mol. The summed E-state index contributed by atoms with van der Waals surface area (Å²) in [6.45, 7) is 3.11. The van der Waals surface area contributed by atoms with Gasteiger partial charge in [-0.15, -0.1) is 0 Å². The standard InChI is InChI=1S/C14H18N2O/c17-14-9-11(10-15-14)12-5-1-2-6-13(12)16-7-3-4-8-16/h1-2,5-6,11H,3-4,7-10H2,(H,15,17). The van der Waals surface area contributed by atoms with Gasteiger partial charge in [0, 0.05) is 37.7 Å². The molecule has 3 rings (SSSR count). The molecular formula is C14H18N2O. The third kappa shape index (κ3) is 2.02. The molecule has 1 atom stereocenters. The molecule has 2 aliphatic rings. The van der Waals surface area contributed by atoms with E-state index < -0.39 is 0 Å². The van der Waals surface area contributed by atoms with Gasteiger partial charge in [-0.2, -0.15) is 0 Å². The summed E-state index contributed by atoms with van der Waals surface area (Å²) in [7, 11) is 0. The Labute approximate surface area is 102 Å². The van der Waals surface area contributed by atoms with Crippen molar-refractivity contribution in [2.24, 2.45) is 0 Å². The molecule has 3 nitrogen and oxygen atoms in total. The third-order valence-corrected chi connectivity index (χ3v) is 3.80. The molecule has 1 aromatic carbocycles. The van der Waals surface area contributed by atoms with Gasteiger partial charge in [-0.3, -0.25) is 4.79 Å². The highest BCUT2D eigenvalue weighted by molar-refractivity contribution is 5.80. The largest absolute Gasteiger partial charge is 0.371 e. The molecule has 0 aromatic heterocycles. The number of hydrogen-bond donors (Lipinski definition) is 1. The van der Waals surface area contributed by atoms with Gasteiger partial charge in [-0.1, -0.05) is 18.2 Å². The van der Waals surface area contributed by atoms with Crippen LogP contribution in [0.5, 0.6) is 0 Å². The second kappa shape index (κ2) is 4.40. The lowest BCUT2D eigenvalue weighted by Crippen LogP contribution is -2.20. The van der Waals surface area contributed by atoms with E-state index in [9.17, 15) is 4.79 Å². The Morgan fingerprint density at radius 2 is 1.94 bits per heavy atom. The van der Waals surface area contributed by atoms with Crippen LogP contribution in [0.4, 0.5) is 5.69 Å². The summed E-state index contributed by atoms with van der Waals surface area (Å²) in [5.41, 5.74) is 2.68. The van der Waals surface area contributed by atoms with E-state index in [2.05, 4.69) is 34.5 Å². The lowest BCUT2D eigenvalue weighted by molar-refractivity contribution is -0.119. The summed E-state index contributed by atoms with van der Waals surface area (Å²) in [5.74, 6) is 0.547. The average molecular weight is 230 g/mol. The van der Waals surface area contributed by atoms with Crippen LogP contribution < -0.4 is 10.2 Å². The first-order valence-corrected chi connectivity index (χ1v) is 6.45. The van der Waals surface area contributed by atoms with Gasteiger partial charge in [-0.05, 0) is 24.5 Å². The van der Waals surface area contributed by atoms with Gasteiger partial charge in [0.05, 0.1) is 0 Å². The second-order valence-corrected chi connectivity index (χ2v) is 4.96. The van der Waals surface area contributed by atoms with Gasteiger partial charge in [0.25, 0.3) is 0 Å². The number of para-hydroxylation sites is 1. The van der Waals surface area contributed by atoms with Crippen LogP contribution in [0.25, 0.3) is 0 Å². The third-order valence-electron chi connectivity index (χ3n) is 3.80. The number of nitrogens with zero attached hydrogens (tertiary/aromatic N) is 1. The minimum Gasteiger partial charge on any atom is -0.371 e. The Morgan fingerprint density at radius 3 is 2.65 bits per heavy atom. The predicted octanol–water partition coefficient (Wildman–Crippen LogP) is 1.89. The molecule has 0 radical (unpaired) electrons. The van der Waals surface area contributed by atoms with Crippen LogP contribution in [0, 0.1) is 0 Å². The number of carbonyl (C=O) groups is 1. The minimum absolute atomic E-state index is 0.186. The highest BCUT2D eigenvalue weighted by atomic mass is 16.1. The molecule has 1 N–H and O–H groups in total. The molecule has 2 saturated heterocycles. The summed E-state index contributed by atoms with van der Waals surface area (Å²) < 4.78 is 0. The number of benzene rings is 1. The van der Waals surface area contributed by atoms with Crippen molar-refractivity contribution in [3.05, 3.63) is 29.8 Å². The van der Waals surface area contributed by atoms with Crippen molar-refractivity contribution in [2.45, 2.75) is 25.2 Å². The van der Waals surface area contributed by atoms with E-state index in [0.717, 1.165) is 19.6 Å². The van der Waals surface area contributed by atoms with Gasteiger partial charge in [-0.25, -0.2) is 0 Å². The minimum atomic E-state index is 0.186. The summed E-state index contributed by atoms with van der Waals surface area (Å²) in [6.07, 6.45) is 3.22. The maximum Gasteiger partial charge on any atom is 0.220 e. The molecule has 0 spiro atoms. The van der Waals surface area contributed by atoms with Crippen molar-refractivity contribution in [3.8, 4) is 0 Å². The van der Waals surface area contributed by atoms with E-state index >= 15 is 0 Å². The molecule has 1 amide bonds. The van der Waals surface area contributed by atoms with Crippen molar-refractivity contribution in [3.63, 3.8) is 0 Å². The molecule has 2 aliphatic heterocycles. The smallest absolute Gasteiger partial charge is 0.220 e. The Morgan fingerprint density at radius 1 is 1.18 bits per heavy atom. The molecule has 1 unspecified atom stereocenters. The first-order chi connectivity index (χ1) is 8.34. The van der Waals surface area contributed by atoms with Crippen molar-refractivity contribution in [1.82, 2.24) is 5.32 Å². The highest BCUT2D eigenvalue weighted by Crippen LogP contribution is 2.33. The molecule has 2 fully saturated rings. The van der Waals surface area contributed by atoms with E-state index in [-0.39, 0.29) is 5.91 Å². The first kappa shape index (κ1) is 10.6. The van der Waals surface area contributed by atoms with Crippen molar-refractivity contribution in [2.75, 3.05) is 24.5 Å². The van der Waals surface area contributed by atoms with Gasteiger partial charge in [0.15, 0.2) is 0 Å². The zero-order valence-electron chi connectivity index (χ0n) is 9.98. The number of nitrogens with one attached hydrogen (secondary N) is 1. The van der Waals surface area contributed by atoms with Crippen LogP contribution in [0.1, 0.15) is 30.7 Å². The summed E-state index contributed by atoms with van der Waals surface area (Å²) in [5, 5.41) is 2.93. The SMILES string of the molecule is O=C1CC(c2ccccc2N2CCCC2)CN1. The summed E-state index contributed by atoms with van der Waals surface area (Å²) >= 11 is 0. The number of hydrogen-bond acceptors (Lipinski definition) is 2. The molecule has 2 heterocycles. The van der Waals surface area contributed by atoms with E-state index in [1.807, 2.05) is 0 Å². The quantitative estimate of drug-likeness (QED) is 0.841. The Hall–Kier alpha value is -1.51. The van der Waals surface area contributed by atoms with Crippen LogP contribution >= 0.6 is 0 Å². The Balaban J connectivity index is 1.90. The van der Waals surface area contributed by atoms with Gasteiger partial charge >= 0.3 is 0 Å². The lowest BCUT2D eigenvalue weighted by atomic mass is 9.96. The van der Waals surface area contributed by atoms with Crippen LogP contribution in [0.15, 0.2) is 24.3 Å². The molecule has 3 heteroatoms. The van der Waals surface area contributed by atoms with E-state index in [1.54, 1.807) is 0 Å². The van der Waals surface area contributed by atoms with Crippen molar-refractivity contribution >= 4 is 11.6 Å². The second-order valence-electron chi connectivity index (χ2n) is 4.96. The highest BCUT2D eigenvalue weighted by Gasteiger charge is 2.26. The maximum absolute atomic E-state index is 11.3. The fourth-order valence-electron chi connectivity index (χ4n) is 2.90. The molecule has 0 bridgehead atoms. The zero-order valence-corrected chi connectivity index (χ0v) is 9.98. The normalized spacial score (nSPS) is 24.1.